The van der Waals surface area contributed by atoms with E-state index < -0.39 is 0 Å². The summed E-state index contributed by atoms with van der Waals surface area (Å²) in [6, 6.07) is 34.2. The van der Waals surface area contributed by atoms with Gasteiger partial charge in [0.05, 0.1) is 11.0 Å². The Morgan fingerprint density at radius 3 is 2.29 bits per heavy atom. The van der Waals surface area contributed by atoms with Gasteiger partial charge in [0, 0.05) is 22.9 Å². The van der Waals surface area contributed by atoms with Gasteiger partial charge in [0.25, 0.3) is 0 Å². The van der Waals surface area contributed by atoms with Crippen LogP contribution in [0.25, 0.3) is 49.7 Å². The van der Waals surface area contributed by atoms with Crippen molar-refractivity contribution in [3.05, 3.63) is 124 Å². The third kappa shape index (κ3) is 1.94. The number of rotatable bonds is 0. The number of benzene rings is 5. The molecule has 0 bridgehead atoms. The summed E-state index contributed by atoms with van der Waals surface area (Å²) in [4.78, 5) is 0. The Kier molecular flexibility index (Phi) is 3.00. The maximum atomic E-state index is 2.53. The lowest BCUT2D eigenvalue weighted by Crippen LogP contribution is -2.08. The molecule has 0 radical (unpaired) electrons. The second-order valence-corrected chi connectivity index (χ2v) is 10.1. The van der Waals surface area contributed by atoms with Crippen LogP contribution in [0.4, 0.5) is 0 Å². The van der Waals surface area contributed by atoms with Crippen LogP contribution < -0.4 is 0 Å². The third-order valence-corrected chi connectivity index (χ3v) is 8.45. The van der Waals surface area contributed by atoms with Crippen molar-refractivity contribution in [1.29, 1.82) is 0 Å². The number of nitrogens with zero attached hydrogens (tertiary/aromatic N) is 1. The van der Waals surface area contributed by atoms with Crippen molar-refractivity contribution in [3.8, 4) is 27.9 Å². The fraction of sp³-hybridized carbons (Fsp3) is 0.0909. The van der Waals surface area contributed by atoms with Crippen molar-refractivity contribution in [2.45, 2.75) is 19.3 Å². The lowest BCUT2D eigenvalue weighted by atomic mass is 9.92. The highest BCUT2D eigenvalue weighted by molar-refractivity contribution is 6.15. The quantitative estimate of drug-likeness (QED) is 0.231. The Hall–Kier alpha value is -4.10. The Labute approximate surface area is 197 Å². The van der Waals surface area contributed by atoms with Gasteiger partial charge < -0.3 is 4.57 Å². The van der Waals surface area contributed by atoms with Gasteiger partial charge >= 0.3 is 0 Å². The van der Waals surface area contributed by atoms with Crippen LogP contribution >= 0.6 is 0 Å². The van der Waals surface area contributed by atoms with Crippen LogP contribution in [0.5, 0.6) is 0 Å². The molecule has 9 rings (SSSR count). The van der Waals surface area contributed by atoms with Gasteiger partial charge in [0.15, 0.2) is 0 Å². The molecule has 0 unspecified atom stereocenters. The summed E-state index contributed by atoms with van der Waals surface area (Å²) in [5.74, 6) is 0. The van der Waals surface area contributed by atoms with Gasteiger partial charge in [0.1, 0.15) is 0 Å². The molecule has 0 saturated carbocycles. The molecule has 1 nitrogen and oxygen atoms in total. The van der Waals surface area contributed by atoms with Crippen LogP contribution in [0.2, 0.25) is 0 Å². The average Bonchev–Trinajstić information content (AvgIpc) is 3.54. The molecular weight excluding hydrogens is 410 g/mol. The lowest BCUT2D eigenvalue weighted by molar-refractivity contribution is 1.04. The first-order chi connectivity index (χ1) is 16.9. The smallest absolute Gasteiger partial charge is 0.0579 e. The van der Waals surface area contributed by atoms with E-state index >= 15 is 0 Å². The van der Waals surface area contributed by atoms with E-state index in [4.69, 9.17) is 0 Å². The van der Waals surface area contributed by atoms with E-state index in [0.717, 1.165) is 19.3 Å². The van der Waals surface area contributed by atoms with Gasteiger partial charge in [-0.25, -0.2) is 0 Å². The summed E-state index contributed by atoms with van der Waals surface area (Å²) in [7, 11) is 0. The minimum absolute atomic E-state index is 0.999. The van der Waals surface area contributed by atoms with E-state index in [9.17, 15) is 0 Å². The van der Waals surface area contributed by atoms with Crippen molar-refractivity contribution in [2.75, 3.05) is 0 Å². The lowest BCUT2D eigenvalue weighted by Gasteiger charge is -2.21. The van der Waals surface area contributed by atoms with Crippen LogP contribution in [-0.2, 0) is 19.3 Å². The molecule has 158 valence electrons. The monoisotopic (exact) mass is 431 g/mol. The zero-order valence-electron chi connectivity index (χ0n) is 18.7. The summed E-state index contributed by atoms with van der Waals surface area (Å²) >= 11 is 0. The topological polar surface area (TPSA) is 4.93 Å². The molecule has 0 saturated heterocycles. The summed E-state index contributed by atoms with van der Waals surface area (Å²) in [5.41, 5.74) is 18.8. The molecule has 0 atom stereocenters. The minimum atomic E-state index is 0.999. The minimum Gasteiger partial charge on any atom is -0.309 e. The molecule has 1 aromatic heterocycles. The zero-order chi connectivity index (χ0) is 22.0. The number of hydrogen-bond donors (Lipinski definition) is 0. The fourth-order valence-electron chi connectivity index (χ4n) is 7.12. The van der Waals surface area contributed by atoms with E-state index in [1.165, 1.54) is 83.1 Å². The van der Waals surface area contributed by atoms with Crippen LogP contribution in [-0.4, -0.2) is 4.57 Å². The third-order valence-electron chi connectivity index (χ3n) is 8.45. The highest BCUT2D eigenvalue weighted by atomic mass is 15.0. The maximum Gasteiger partial charge on any atom is 0.0579 e. The highest BCUT2D eigenvalue weighted by Gasteiger charge is 2.32. The summed E-state index contributed by atoms with van der Waals surface area (Å²) < 4.78 is 2.53. The number of hydrogen-bond acceptors (Lipinski definition) is 0. The maximum absolute atomic E-state index is 2.53. The van der Waals surface area contributed by atoms with Crippen LogP contribution in [0.1, 0.15) is 33.4 Å². The van der Waals surface area contributed by atoms with Gasteiger partial charge in [0.2, 0.25) is 0 Å². The van der Waals surface area contributed by atoms with Crippen LogP contribution in [0.15, 0.2) is 91.0 Å². The predicted octanol–water partition coefficient (Wildman–Crippen LogP) is 7.83. The van der Waals surface area contributed by atoms with Crippen LogP contribution in [0, 0.1) is 0 Å². The molecule has 6 aromatic rings. The molecule has 1 heteroatoms. The van der Waals surface area contributed by atoms with Crippen LogP contribution in [0.3, 0.4) is 0 Å². The molecule has 34 heavy (non-hydrogen) atoms. The first kappa shape index (κ1) is 17.4. The molecule has 2 heterocycles. The molecular formula is C33H21N. The second-order valence-electron chi connectivity index (χ2n) is 10.1. The standard InChI is InChI=1S/C33H21N/c1-3-9-23-19(7-1)15-21-13-14-24-26-17-22-16-20-8-2-5-11-29(20)34-30-12-6-4-10-25(30)32(33(22)34)28(26)18-27(24)31(21)23/h1-14,17H,15-16,18H2. The Balaban J connectivity index is 1.41. The first-order valence-corrected chi connectivity index (χ1v) is 12.3. The van der Waals surface area contributed by atoms with Crippen molar-refractivity contribution in [1.82, 2.24) is 4.57 Å². The fourth-order valence-corrected chi connectivity index (χ4v) is 7.12. The zero-order valence-corrected chi connectivity index (χ0v) is 18.7. The number of fused-ring (bicyclic) bond motifs is 13. The average molecular weight is 432 g/mol. The predicted molar refractivity (Wildman–Crippen MR) is 140 cm³/mol. The molecule has 5 aromatic carbocycles. The van der Waals surface area contributed by atoms with Crippen molar-refractivity contribution in [3.63, 3.8) is 0 Å². The van der Waals surface area contributed by atoms with Crippen molar-refractivity contribution < 1.29 is 0 Å². The van der Waals surface area contributed by atoms with E-state index in [2.05, 4.69) is 95.6 Å². The highest BCUT2D eigenvalue weighted by Crippen LogP contribution is 2.52. The van der Waals surface area contributed by atoms with E-state index in [1.807, 2.05) is 0 Å². The normalized spacial score (nSPS) is 14.1. The molecule has 0 N–H and O–H groups in total. The Morgan fingerprint density at radius 1 is 0.529 bits per heavy atom. The van der Waals surface area contributed by atoms with Gasteiger partial charge in [-0.05, 0) is 86.7 Å². The number of para-hydroxylation sites is 2. The van der Waals surface area contributed by atoms with Crippen molar-refractivity contribution in [2.24, 2.45) is 0 Å². The molecule has 0 fully saturated rings. The molecule has 0 spiro atoms. The van der Waals surface area contributed by atoms with Gasteiger partial charge in [-0.15, -0.1) is 0 Å². The Bertz CT molecular complexity index is 1880. The molecule has 0 amide bonds. The Morgan fingerprint density at radius 2 is 1.32 bits per heavy atom. The van der Waals surface area contributed by atoms with Gasteiger partial charge in [-0.2, -0.15) is 0 Å². The van der Waals surface area contributed by atoms with Crippen molar-refractivity contribution >= 4 is 21.8 Å². The van der Waals surface area contributed by atoms with E-state index in [-0.39, 0.29) is 0 Å². The summed E-state index contributed by atoms with van der Waals surface area (Å²) in [5, 5.41) is 2.85. The largest absolute Gasteiger partial charge is 0.309 e. The van der Waals surface area contributed by atoms with E-state index in [1.54, 1.807) is 0 Å². The van der Waals surface area contributed by atoms with Gasteiger partial charge in [-0.3, -0.25) is 0 Å². The molecule has 1 aliphatic heterocycles. The number of aromatic nitrogens is 1. The molecule has 2 aliphatic carbocycles. The van der Waals surface area contributed by atoms with E-state index in [0.29, 0.717) is 0 Å². The summed E-state index contributed by atoms with van der Waals surface area (Å²) in [6.07, 6.45) is 3.08. The first-order valence-electron chi connectivity index (χ1n) is 12.3. The second kappa shape index (κ2) is 5.87. The SMILES string of the molecule is c1ccc2c(c1)Cc1ccc3c(c1-2)Cc1c-3cc2c3c1c1ccccc1n3-c1ccccc1C2. The summed E-state index contributed by atoms with van der Waals surface area (Å²) in [6.45, 7) is 0. The molecule has 3 aliphatic rings. The van der Waals surface area contributed by atoms with Gasteiger partial charge in [-0.1, -0.05) is 72.8 Å².